The molecule has 0 fully saturated rings. The van der Waals surface area contributed by atoms with Gasteiger partial charge in [0.25, 0.3) is 10.0 Å². The van der Waals surface area contributed by atoms with Crippen molar-refractivity contribution >= 4 is 27.6 Å². The van der Waals surface area contributed by atoms with Crippen LogP contribution in [0.2, 0.25) is 5.02 Å². The molecule has 0 amide bonds. The second-order valence-electron chi connectivity index (χ2n) is 3.60. The first kappa shape index (κ1) is 13.7. The first-order valence-electron chi connectivity index (χ1n) is 5.22. The topological polar surface area (TPSA) is 92.2 Å². The molecule has 8 heteroatoms. The maximum atomic E-state index is 12.1. The van der Waals surface area contributed by atoms with Crippen LogP contribution >= 0.6 is 11.6 Å². The largest absolute Gasteiger partial charge is 0.392 e. The normalized spacial score (nSPS) is 11.3. The van der Waals surface area contributed by atoms with Crippen LogP contribution in [0, 0.1) is 0 Å². The van der Waals surface area contributed by atoms with Gasteiger partial charge in [0.2, 0.25) is 5.95 Å². The molecule has 0 bridgehead atoms. The Bertz CT molecular complexity index is 677. The highest BCUT2D eigenvalue weighted by Gasteiger charge is 2.19. The van der Waals surface area contributed by atoms with Crippen molar-refractivity contribution in [3.63, 3.8) is 0 Å². The SMILES string of the molecule is O=S(=O)(Nc1ncccn1)c1cc(CO)ccc1Cl. The van der Waals surface area contributed by atoms with E-state index in [0.717, 1.165) is 0 Å². The quantitative estimate of drug-likeness (QED) is 0.891. The molecule has 0 spiro atoms. The highest BCUT2D eigenvalue weighted by molar-refractivity contribution is 7.92. The first-order chi connectivity index (χ1) is 9.03. The molecule has 0 saturated heterocycles. The van der Waals surface area contributed by atoms with Gasteiger partial charge < -0.3 is 5.11 Å². The number of rotatable bonds is 4. The van der Waals surface area contributed by atoms with Gasteiger partial charge in [-0.05, 0) is 23.8 Å². The molecule has 0 aliphatic rings. The molecule has 100 valence electrons. The summed E-state index contributed by atoms with van der Waals surface area (Å²) in [5, 5.41) is 9.08. The van der Waals surface area contributed by atoms with E-state index in [0.29, 0.717) is 5.56 Å². The van der Waals surface area contributed by atoms with Gasteiger partial charge in [-0.3, -0.25) is 0 Å². The van der Waals surface area contributed by atoms with E-state index in [1.165, 1.54) is 24.5 Å². The Morgan fingerprint density at radius 1 is 1.26 bits per heavy atom. The van der Waals surface area contributed by atoms with Gasteiger partial charge in [0.1, 0.15) is 4.90 Å². The molecule has 2 rings (SSSR count). The fourth-order valence-corrected chi connectivity index (χ4v) is 2.89. The lowest BCUT2D eigenvalue weighted by Crippen LogP contribution is -2.15. The van der Waals surface area contributed by atoms with Crippen LogP contribution in [0.3, 0.4) is 0 Å². The second-order valence-corrected chi connectivity index (χ2v) is 5.66. The fraction of sp³-hybridized carbons (Fsp3) is 0.0909. The van der Waals surface area contributed by atoms with E-state index >= 15 is 0 Å². The van der Waals surface area contributed by atoms with Gasteiger partial charge in [-0.2, -0.15) is 0 Å². The van der Waals surface area contributed by atoms with E-state index < -0.39 is 10.0 Å². The van der Waals surface area contributed by atoms with E-state index in [2.05, 4.69) is 14.7 Å². The number of aromatic nitrogens is 2. The predicted molar refractivity (Wildman–Crippen MR) is 70.2 cm³/mol. The minimum Gasteiger partial charge on any atom is -0.392 e. The Morgan fingerprint density at radius 2 is 1.95 bits per heavy atom. The molecule has 6 nitrogen and oxygen atoms in total. The van der Waals surface area contributed by atoms with Crippen LogP contribution in [-0.4, -0.2) is 23.5 Å². The van der Waals surface area contributed by atoms with Crippen molar-refractivity contribution in [2.75, 3.05) is 4.72 Å². The van der Waals surface area contributed by atoms with E-state index in [9.17, 15) is 8.42 Å². The van der Waals surface area contributed by atoms with Crippen molar-refractivity contribution in [1.29, 1.82) is 0 Å². The predicted octanol–water partition coefficient (Wildman–Crippen LogP) is 1.42. The molecule has 1 aromatic heterocycles. The number of hydrogen-bond donors (Lipinski definition) is 2. The first-order valence-corrected chi connectivity index (χ1v) is 7.08. The number of sulfonamides is 1. The third kappa shape index (κ3) is 3.19. The van der Waals surface area contributed by atoms with Crippen LogP contribution in [0.1, 0.15) is 5.56 Å². The van der Waals surface area contributed by atoms with Crippen LogP contribution < -0.4 is 4.72 Å². The molecule has 0 aliphatic carbocycles. The lowest BCUT2D eigenvalue weighted by molar-refractivity contribution is 0.281. The molecule has 2 aromatic rings. The van der Waals surface area contributed by atoms with Crippen molar-refractivity contribution in [3.05, 3.63) is 47.2 Å². The summed E-state index contributed by atoms with van der Waals surface area (Å²) < 4.78 is 26.5. The number of aliphatic hydroxyl groups excluding tert-OH is 1. The number of nitrogens with zero attached hydrogens (tertiary/aromatic N) is 2. The molecule has 19 heavy (non-hydrogen) atoms. The van der Waals surface area contributed by atoms with Crippen molar-refractivity contribution in [1.82, 2.24) is 9.97 Å². The number of benzene rings is 1. The van der Waals surface area contributed by atoms with Crippen molar-refractivity contribution in [2.24, 2.45) is 0 Å². The summed E-state index contributed by atoms with van der Waals surface area (Å²) in [6, 6.07) is 5.82. The molecule has 0 radical (unpaired) electrons. The molecule has 0 aliphatic heterocycles. The third-order valence-electron chi connectivity index (χ3n) is 2.26. The Hall–Kier alpha value is -1.70. The van der Waals surface area contributed by atoms with Gasteiger partial charge in [0.15, 0.2) is 0 Å². The number of nitrogens with one attached hydrogen (secondary N) is 1. The maximum Gasteiger partial charge on any atom is 0.265 e. The Morgan fingerprint density at radius 3 is 2.58 bits per heavy atom. The van der Waals surface area contributed by atoms with Crippen LogP contribution in [0.15, 0.2) is 41.6 Å². The minimum absolute atomic E-state index is 0.0482. The maximum absolute atomic E-state index is 12.1. The van der Waals surface area contributed by atoms with Gasteiger partial charge in [0, 0.05) is 12.4 Å². The van der Waals surface area contributed by atoms with Gasteiger partial charge >= 0.3 is 0 Å². The summed E-state index contributed by atoms with van der Waals surface area (Å²) in [5.74, 6) is -0.0482. The summed E-state index contributed by atoms with van der Waals surface area (Å²) in [7, 11) is -3.89. The molecule has 2 N–H and O–H groups in total. The summed E-state index contributed by atoms with van der Waals surface area (Å²) in [5.41, 5.74) is 0.443. The summed E-state index contributed by atoms with van der Waals surface area (Å²) >= 11 is 5.86. The number of anilines is 1. The zero-order valence-corrected chi connectivity index (χ0v) is 11.2. The van der Waals surface area contributed by atoms with Gasteiger partial charge in [-0.15, -0.1) is 0 Å². The van der Waals surface area contributed by atoms with Crippen LogP contribution in [0.4, 0.5) is 5.95 Å². The monoisotopic (exact) mass is 299 g/mol. The lowest BCUT2D eigenvalue weighted by Gasteiger charge is -2.09. The molecule has 0 unspecified atom stereocenters. The summed E-state index contributed by atoms with van der Waals surface area (Å²) in [4.78, 5) is 7.40. The molecule has 1 aromatic carbocycles. The summed E-state index contributed by atoms with van der Waals surface area (Å²) in [6.45, 7) is -0.276. The smallest absolute Gasteiger partial charge is 0.265 e. The number of hydrogen-bond acceptors (Lipinski definition) is 5. The lowest BCUT2D eigenvalue weighted by atomic mass is 10.2. The van der Waals surface area contributed by atoms with Crippen LogP contribution in [-0.2, 0) is 16.6 Å². The van der Waals surface area contributed by atoms with Gasteiger partial charge in [0.05, 0.1) is 11.6 Å². The standard InChI is InChI=1S/C11H10ClN3O3S/c12-9-3-2-8(7-16)6-10(9)19(17,18)15-11-13-4-1-5-14-11/h1-6,16H,7H2,(H,13,14,15). The highest BCUT2D eigenvalue weighted by atomic mass is 35.5. The van der Waals surface area contributed by atoms with E-state index in [1.807, 2.05) is 0 Å². The molecular formula is C11H10ClN3O3S. The molecule has 0 saturated carbocycles. The van der Waals surface area contributed by atoms with Crippen molar-refractivity contribution in [3.8, 4) is 0 Å². The Labute approximate surface area is 115 Å². The third-order valence-corrected chi connectivity index (χ3v) is 4.07. The molecule has 0 atom stereocenters. The molecular weight excluding hydrogens is 290 g/mol. The zero-order chi connectivity index (χ0) is 13.9. The summed E-state index contributed by atoms with van der Waals surface area (Å²) in [6.07, 6.45) is 2.83. The average Bonchev–Trinajstić information content (AvgIpc) is 2.39. The van der Waals surface area contributed by atoms with Gasteiger partial charge in [-0.1, -0.05) is 17.7 Å². The van der Waals surface area contributed by atoms with E-state index in [-0.39, 0.29) is 22.5 Å². The van der Waals surface area contributed by atoms with Crippen molar-refractivity contribution < 1.29 is 13.5 Å². The van der Waals surface area contributed by atoms with Gasteiger partial charge in [-0.25, -0.2) is 23.1 Å². The molecule has 1 heterocycles. The number of halogens is 1. The second kappa shape index (κ2) is 5.52. The Kier molecular flexibility index (Phi) is 3.98. The van der Waals surface area contributed by atoms with E-state index in [1.54, 1.807) is 12.1 Å². The van der Waals surface area contributed by atoms with Crippen molar-refractivity contribution in [2.45, 2.75) is 11.5 Å². The fourth-order valence-electron chi connectivity index (χ4n) is 1.38. The Balaban J connectivity index is 2.39. The highest BCUT2D eigenvalue weighted by Crippen LogP contribution is 2.24. The average molecular weight is 300 g/mol. The minimum atomic E-state index is -3.89. The van der Waals surface area contributed by atoms with Crippen LogP contribution in [0.25, 0.3) is 0 Å². The zero-order valence-electron chi connectivity index (χ0n) is 9.62. The van der Waals surface area contributed by atoms with Crippen LogP contribution in [0.5, 0.6) is 0 Å². The van der Waals surface area contributed by atoms with E-state index in [4.69, 9.17) is 16.7 Å². The number of aliphatic hydroxyl groups is 1.